The van der Waals surface area contributed by atoms with Gasteiger partial charge in [0.25, 0.3) is 0 Å². The van der Waals surface area contributed by atoms with Gasteiger partial charge < -0.3 is 20.4 Å². The number of aliphatic imine (C=N–C) groups is 1. The number of rotatable bonds is 11. The van der Waals surface area contributed by atoms with Gasteiger partial charge in [0.2, 0.25) is 0 Å². The second-order valence-corrected chi connectivity index (χ2v) is 8.32. The van der Waals surface area contributed by atoms with E-state index < -0.39 is 0 Å². The fourth-order valence-corrected chi connectivity index (χ4v) is 3.61. The van der Waals surface area contributed by atoms with Gasteiger partial charge in [0.1, 0.15) is 0 Å². The van der Waals surface area contributed by atoms with Crippen LogP contribution in [0.2, 0.25) is 0 Å². The summed E-state index contributed by atoms with van der Waals surface area (Å²) in [5.41, 5.74) is 1.36. The predicted molar refractivity (Wildman–Crippen MR) is 125 cm³/mol. The molecule has 1 aromatic rings. The van der Waals surface area contributed by atoms with Gasteiger partial charge in [-0.15, -0.1) is 0 Å². The van der Waals surface area contributed by atoms with Gasteiger partial charge in [-0.2, -0.15) is 0 Å². The third-order valence-electron chi connectivity index (χ3n) is 5.89. The highest BCUT2D eigenvalue weighted by Gasteiger charge is 2.13. The van der Waals surface area contributed by atoms with Crippen LogP contribution in [0.5, 0.6) is 0 Å². The first-order valence-electron chi connectivity index (χ1n) is 11.2. The molecule has 0 bridgehead atoms. The van der Waals surface area contributed by atoms with Crippen molar-refractivity contribution in [2.24, 2.45) is 4.99 Å². The minimum atomic E-state index is 0.518. The molecule has 164 valence electrons. The summed E-state index contributed by atoms with van der Waals surface area (Å²) in [7, 11) is 6.26. The van der Waals surface area contributed by atoms with Gasteiger partial charge >= 0.3 is 0 Å². The van der Waals surface area contributed by atoms with E-state index in [1.54, 1.807) is 0 Å². The molecule has 1 aromatic carbocycles. The average molecular weight is 403 g/mol. The van der Waals surface area contributed by atoms with Gasteiger partial charge in [0.05, 0.1) is 0 Å². The van der Waals surface area contributed by atoms with Gasteiger partial charge in [0, 0.05) is 58.9 Å². The number of nitrogens with one attached hydrogen (secondary N) is 2. The zero-order valence-corrected chi connectivity index (χ0v) is 19.0. The Balaban J connectivity index is 1.53. The first-order valence-corrected chi connectivity index (χ1v) is 11.2. The van der Waals surface area contributed by atoms with Crippen LogP contribution in [0.1, 0.15) is 31.7 Å². The summed E-state index contributed by atoms with van der Waals surface area (Å²) in [6, 6.07) is 11.2. The first-order chi connectivity index (χ1) is 14.1. The second kappa shape index (κ2) is 13.6. The lowest BCUT2D eigenvalue weighted by molar-refractivity contribution is 0.152. The van der Waals surface area contributed by atoms with E-state index in [-0.39, 0.29) is 0 Å². The summed E-state index contributed by atoms with van der Waals surface area (Å²) in [4.78, 5) is 11.8. The van der Waals surface area contributed by atoms with Crippen LogP contribution >= 0.6 is 0 Å². The molecular formula is C23H42N6. The van der Waals surface area contributed by atoms with Crippen LogP contribution in [0, 0.1) is 0 Å². The zero-order chi connectivity index (χ0) is 20.9. The average Bonchev–Trinajstić information content (AvgIpc) is 2.74. The number of piperazine rings is 1. The molecule has 1 fully saturated rings. The molecule has 29 heavy (non-hydrogen) atoms. The first kappa shape index (κ1) is 23.6. The van der Waals surface area contributed by atoms with Crippen LogP contribution in [0.15, 0.2) is 35.3 Å². The van der Waals surface area contributed by atoms with Crippen molar-refractivity contribution >= 4 is 5.96 Å². The Morgan fingerprint density at radius 1 is 1.07 bits per heavy atom. The smallest absolute Gasteiger partial charge is 0.190 e. The molecular weight excluding hydrogens is 360 g/mol. The molecule has 0 aliphatic carbocycles. The molecule has 6 heteroatoms. The molecule has 0 amide bonds. The molecule has 0 radical (unpaired) electrons. The maximum Gasteiger partial charge on any atom is 0.190 e. The standard InChI is InChI=1S/C23H42N6/c1-21(28(4)20-22-10-6-5-7-11-22)12-14-26-23(24-2)25-13-8-9-15-29-18-16-27(3)17-19-29/h5-7,10-11,21H,8-9,12-20H2,1-4H3,(H2,24,25,26). The van der Waals surface area contributed by atoms with Crippen molar-refractivity contribution in [3.05, 3.63) is 35.9 Å². The molecule has 2 N–H and O–H groups in total. The van der Waals surface area contributed by atoms with Crippen molar-refractivity contribution in [3.8, 4) is 0 Å². The number of benzene rings is 1. The number of hydrogen-bond donors (Lipinski definition) is 2. The van der Waals surface area contributed by atoms with E-state index in [0.29, 0.717) is 6.04 Å². The van der Waals surface area contributed by atoms with E-state index >= 15 is 0 Å². The highest BCUT2D eigenvalue weighted by molar-refractivity contribution is 5.79. The Morgan fingerprint density at radius 2 is 1.76 bits per heavy atom. The predicted octanol–water partition coefficient (Wildman–Crippen LogP) is 2.09. The fourth-order valence-electron chi connectivity index (χ4n) is 3.61. The van der Waals surface area contributed by atoms with E-state index in [2.05, 4.69) is 81.7 Å². The normalized spacial score (nSPS) is 17.5. The van der Waals surface area contributed by atoms with E-state index in [1.165, 1.54) is 51.1 Å². The van der Waals surface area contributed by atoms with Gasteiger partial charge in [-0.1, -0.05) is 30.3 Å². The third kappa shape index (κ3) is 9.61. The van der Waals surface area contributed by atoms with Crippen LogP contribution in [0.25, 0.3) is 0 Å². The van der Waals surface area contributed by atoms with Gasteiger partial charge in [-0.25, -0.2) is 0 Å². The van der Waals surface area contributed by atoms with E-state index in [1.807, 2.05) is 7.05 Å². The van der Waals surface area contributed by atoms with Crippen LogP contribution in [0.4, 0.5) is 0 Å². The van der Waals surface area contributed by atoms with Crippen molar-refractivity contribution < 1.29 is 0 Å². The summed E-state index contributed by atoms with van der Waals surface area (Å²) in [6.07, 6.45) is 3.52. The van der Waals surface area contributed by atoms with Crippen molar-refractivity contribution in [1.29, 1.82) is 0 Å². The second-order valence-electron chi connectivity index (χ2n) is 8.32. The van der Waals surface area contributed by atoms with Gasteiger partial charge in [-0.05, 0) is 52.4 Å². The van der Waals surface area contributed by atoms with E-state index in [9.17, 15) is 0 Å². The molecule has 1 aliphatic heterocycles. The Hall–Kier alpha value is -1.63. The van der Waals surface area contributed by atoms with Gasteiger partial charge in [0.15, 0.2) is 5.96 Å². The van der Waals surface area contributed by atoms with Crippen molar-refractivity contribution in [3.63, 3.8) is 0 Å². The molecule has 1 heterocycles. The minimum Gasteiger partial charge on any atom is -0.356 e. The lowest BCUT2D eigenvalue weighted by Crippen LogP contribution is -2.44. The van der Waals surface area contributed by atoms with Crippen LogP contribution < -0.4 is 10.6 Å². The molecule has 0 aromatic heterocycles. The van der Waals surface area contributed by atoms with Crippen molar-refractivity contribution in [1.82, 2.24) is 25.3 Å². The van der Waals surface area contributed by atoms with Crippen LogP contribution in [0.3, 0.4) is 0 Å². The number of guanidine groups is 1. The summed E-state index contributed by atoms with van der Waals surface area (Å²) < 4.78 is 0. The van der Waals surface area contributed by atoms with E-state index in [0.717, 1.165) is 32.0 Å². The van der Waals surface area contributed by atoms with Crippen molar-refractivity contribution in [2.75, 3.05) is 67.0 Å². The molecule has 2 rings (SSSR count). The fraction of sp³-hybridized carbons (Fsp3) is 0.696. The van der Waals surface area contributed by atoms with E-state index in [4.69, 9.17) is 0 Å². The molecule has 0 saturated carbocycles. The zero-order valence-electron chi connectivity index (χ0n) is 19.0. The largest absolute Gasteiger partial charge is 0.356 e. The summed E-state index contributed by atoms with van der Waals surface area (Å²) in [6.45, 7) is 11.2. The Kier molecular flexibility index (Phi) is 11.1. The Bertz CT molecular complexity index is 568. The number of likely N-dealkylation sites (N-methyl/N-ethyl adjacent to an activating group) is 1. The monoisotopic (exact) mass is 402 g/mol. The maximum absolute atomic E-state index is 4.36. The Labute approximate surface area is 178 Å². The SMILES string of the molecule is CN=C(NCCCCN1CCN(C)CC1)NCCC(C)N(C)Cc1ccccc1. The number of nitrogens with zero attached hydrogens (tertiary/aromatic N) is 4. The highest BCUT2D eigenvalue weighted by Crippen LogP contribution is 2.08. The molecule has 1 aliphatic rings. The summed E-state index contributed by atoms with van der Waals surface area (Å²) >= 11 is 0. The van der Waals surface area contributed by atoms with Crippen LogP contribution in [-0.4, -0.2) is 93.7 Å². The highest BCUT2D eigenvalue weighted by atomic mass is 15.2. The Morgan fingerprint density at radius 3 is 2.45 bits per heavy atom. The number of unbranched alkanes of at least 4 members (excludes halogenated alkanes) is 1. The lowest BCUT2D eigenvalue weighted by Gasteiger charge is -2.32. The van der Waals surface area contributed by atoms with Gasteiger partial charge in [-0.3, -0.25) is 9.89 Å². The quantitative estimate of drug-likeness (QED) is 0.337. The van der Waals surface area contributed by atoms with Crippen LogP contribution in [-0.2, 0) is 6.54 Å². The maximum atomic E-state index is 4.36. The molecule has 0 spiro atoms. The molecule has 1 atom stereocenters. The summed E-state index contributed by atoms with van der Waals surface area (Å²) in [5, 5.41) is 6.92. The lowest BCUT2D eigenvalue weighted by atomic mass is 10.1. The minimum absolute atomic E-state index is 0.518. The molecule has 6 nitrogen and oxygen atoms in total. The number of hydrogen-bond acceptors (Lipinski definition) is 4. The third-order valence-corrected chi connectivity index (χ3v) is 5.89. The molecule has 1 unspecified atom stereocenters. The molecule has 1 saturated heterocycles. The summed E-state index contributed by atoms with van der Waals surface area (Å²) in [5.74, 6) is 0.919. The topological polar surface area (TPSA) is 46.1 Å². The van der Waals surface area contributed by atoms with Crippen molar-refractivity contribution in [2.45, 2.75) is 38.8 Å².